The zero-order chi connectivity index (χ0) is 40.0. The highest BCUT2D eigenvalue weighted by Crippen LogP contribution is 2.23. The lowest BCUT2D eigenvalue weighted by Crippen LogP contribution is -2.58. The van der Waals surface area contributed by atoms with E-state index in [1.54, 1.807) is 68.1 Å². The van der Waals surface area contributed by atoms with E-state index in [1.165, 1.54) is 6.92 Å². The summed E-state index contributed by atoms with van der Waals surface area (Å²) in [5.41, 5.74) is 6.17. The third kappa shape index (κ3) is 14.6. The summed E-state index contributed by atoms with van der Waals surface area (Å²) in [6.07, 6.45) is 1.24. The predicted octanol–water partition coefficient (Wildman–Crippen LogP) is 2.08. The maximum absolute atomic E-state index is 14.1. The van der Waals surface area contributed by atoms with Crippen molar-refractivity contribution in [1.82, 2.24) is 26.2 Å². The minimum absolute atomic E-state index is 0.0212. The zero-order valence-electron chi connectivity index (χ0n) is 32.2. The fourth-order valence-electron chi connectivity index (χ4n) is 6.38. The topological polar surface area (TPSA) is 206 Å². The number of nitrogens with two attached hydrogens (primary N) is 1. The Labute approximate surface area is 317 Å². The Morgan fingerprint density at radius 1 is 0.778 bits per heavy atom. The van der Waals surface area contributed by atoms with Crippen LogP contribution in [0.2, 0.25) is 0 Å². The second-order valence-electron chi connectivity index (χ2n) is 15.2. The van der Waals surface area contributed by atoms with E-state index in [0.29, 0.717) is 31.4 Å². The van der Waals surface area contributed by atoms with Crippen LogP contribution in [0.15, 0.2) is 60.7 Å². The number of esters is 1. The van der Waals surface area contributed by atoms with E-state index in [2.05, 4.69) is 21.3 Å². The van der Waals surface area contributed by atoms with E-state index in [4.69, 9.17) is 10.5 Å². The van der Waals surface area contributed by atoms with Crippen LogP contribution in [-0.4, -0.2) is 88.7 Å². The largest absolute Gasteiger partial charge is 0.460 e. The number of rotatable bonds is 18. The first kappa shape index (κ1) is 43.1. The van der Waals surface area contributed by atoms with Crippen molar-refractivity contribution in [3.05, 3.63) is 71.8 Å². The van der Waals surface area contributed by atoms with Gasteiger partial charge in [0.1, 0.15) is 29.8 Å². The third-order valence-electron chi connectivity index (χ3n) is 8.76. The van der Waals surface area contributed by atoms with Gasteiger partial charge in [0, 0.05) is 38.8 Å². The van der Waals surface area contributed by atoms with Gasteiger partial charge in [0.05, 0.1) is 6.42 Å². The normalized spacial score (nSPS) is 16.4. The lowest BCUT2D eigenvalue weighted by molar-refractivity contribution is -0.156. The van der Waals surface area contributed by atoms with Gasteiger partial charge in [0.25, 0.3) is 0 Å². The molecule has 0 bridgehead atoms. The molecular formula is C40H56N6O8. The van der Waals surface area contributed by atoms with Gasteiger partial charge in [-0.25, -0.2) is 0 Å². The number of benzene rings is 2. The van der Waals surface area contributed by atoms with Crippen molar-refractivity contribution in [1.29, 1.82) is 0 Å². The van der Waals surface area contributed by atoms with Crippen molar-refractivity contribution < 1.29 is 38.3 Å². The summed E-state index contributed by atoms with van der Waals surface area (Å²) >= 11 is 0. The van der Waals surface area contributed by atoms with Crippen LogP contribution < -0.4 is 27.0 Å². The molecule has 1 fully saturated rings. The highest BCUT2D eigenvalue weighted by atomic mass is 16.6. The number of hydrogen-bond acceptors (Lipinski definition) is 8. The van der Waals surface area contributed by atoms with E-state index in [0.717, 1.165) is 5.56 Å². The molecule has 3 rings (SSSR count). The smallest absolute Gasteiger partial charge is 0.308 e. The van der Waals surface area contributed by atoms with Crippen LogP contribution in [0.25, 0.3) is 0 Å². The molecule has 0 spiro atoms. The van der Waals surface area contributed by atoms with Gasteiger partial charge in [-0.05, 0) is 57.1 Å². The summed E-state index contributed by atoms with van der Waals surface area (Å²) in [5.74, 6) is -4.01. The first-order valence-corrected chi connectivity index (χ1v) is 18.5. The number of hydrogen-bond donors (Lipinski definition) is 5. The molecular weight excluding hydrogens is 692 g/mol. The average Bonchev–Trinajstić information content (AvgIpc) is 3.54. The molecule has 2 aromatic rings. The van der Waals surface area contributed by atoms with Crippen LogP contribution in [0.1, 0.15) is 84.8 Å². The molecule has 0 aromatic heterocycles. The van der Waals surface area contributed by atoms with Gasteiger partial charge in [0.15, 0.2) is 0 Å². The predicted molar refractivity (Wildman–Crippen MR) is 202 cm³/mol. The molecule has 6 amide bonds. The Morgan fingerprint density at radius 2 is 1.30 bits per heavy atom. The molecule has 0 saturated carbocycles. The Bertz CT molecular complexity index is 1610. The molecule has 5 atom stereocenters. The van der Waals surface area contributed by atoms with Gasteiger partial charge < -0.3 is 36.6 Å². The SMILES string of the molecule is CC(=O)N[C@@H](CC(C)C)C(=O)N1CCC[C@H]1CC(=O)N[C@@H](Cc1ccccc1)C(=O)N[C@@H](Cc1ccccc1)C(=O)N[C@@H](CC(=O)OC(C)(C)C)C(N)=O. The minimum Gasteiger partial charge on any atom is -0.460 e. The van der Waals surface area contributed by atoms with E-state index in [-0.39, 0.29) is 37.0 Å². The molecule has 14 heteroatoms. The summed E-state index contributed by atoms with van der Waals surface area (Å²) in [4.78, 5) is 93.4. The molecule has 6 N–H and O–H groups in total. The van der Waals surface area contributed by atoms with Gasteiger partial charge in [-0.1, -0.05) is 74.5 Å². The van der Waals surface area contributed by atoms with Crippen molar-refractivity contribution >= 4 is 41.4 Å². The summed E-state index contributed by atoms with van der Waals surface area (Å²) in [6.45, 7) is 10.7. The number of carbonyl (C=O) groups is 7. The van der Waals surface area contributed by atoms with E-state index in [1.807, 2.05) is 32.0 Å². The van der Waals surface area contributed by atoms with E-state index in [9.17, 15) is 33.6 Å². The molecule has 294 valence electrons. The van der Waals surface area contributed by atoms with Crippen molar-refractivity contribution in [2.45, 2.75) is 122 Å². The quantitative estimate of drug-likeness (QED) is 0.142. The summed E-state index contributed by atoms with van der Waals surface area (Å²) in [7, 11) is 0. The first-order valence-electron chi connectivity index (χ1n) is 18.5. The van der Waals surface area contributed by atoms with Gasteiger partial charge >= 0.3 is 5.97 Å². The van der Waals surface area contributed by atoms with E-state index >= 15 is 0 Å². The van der Waals surface area contributed by atoms with Gasteiger partial charge in [-0.2, -0.15) is 0 Å². The molecule has 0 radical (unpaired) electrons. The third-order valence-corrected chi connectivity index (χ3v) is 8.76. The van der Waals surface area contributed by atoms with Crippen molar-refractivity contribution in [2.24, 2.45) is 11.7 Å². The van der Waals surface area contributed by atoms with Crippen molar-refractivity contribution in [3.63, 3.8) is 0 Å². The maximum atomic E-state index is 14.1. The van der Waals surface area contributed by atoms with E-state index < -0.39 is 71.8 Å². The van der Waals surface area contributed by atoms with Crippen LogP contribution >= 0.6 is 0 Å². The lowest BCUT2D eigenvalue weighted by atomic mass is 10.0. The fourth-order valence-corrected chi connectivity index (χ4v) is 6.38. The van der Waals surface area contributed by atoms with Crippen LogP contribution in [-0.2, 0) is 51.1 Å². The highest BCUT2D eigenvalue weighted by Gasteiger charge is 2.36. The standard InChI is InChI=1S/C40H56N6O8/c1-25(2)20-33(42-26(3)47)39(53)46-19-13-18-29(46)23-34(48)43-31(21-27-14-9-7-10-15-27)37(51)45-32(22-28-16-11-8-12-17-28)38(52)44-30(36(41)50)24-35(49)54-40(4,5)6/h7-12,14-17,25,29-33H,13,18-24H2,1-6H3,(H2,41,50)(H,42,47)(H,43,48)(H,44,52)(H,45,51)/t29-,30-,31-,32-,33-/m0/s1. The zero-order valence-corrected chi connectivity index (χ0v) is 32.2. The number of nitrogens with zero attached hydrogens (tertiary/aromatic N) is 1. The Morgan fingerprint density at radius 3 is 1.78 bits per heavy atom. The Hall–Kier alpha value is -5.27. The number of nitrogens with one attached hydrogen (secondary N) is 4. The van der Waals surface area contributed by atoms with Crippen molar-refractivity contribution in [3.8, 4) is 0 Å². The monoisotopic (exact) mass is 748 g/mol. The molecule has 1 saturated heterocycles. The van der Waals surface area contributed by atoms with Gasteiger partial charge in [-0.15, -0.1) is 0 Å². The first-order chi connectivity index (χ1) is 25.4. The molecule has 1 aliphatic rings. The van der Waals surface area contributed by atoms with Crippen LogP contribution in [0.3, 0.4) is 0 Å². The summed E-state index contributed by atoms with van der Waals surface area (Å²) in [5, 5.41) is 10.9. The molecule has 1 heterocycles. The maximum Gasteiger partial charge on any atom is 0.308 e. The summed E-state index contributed by atoms with van der Waals surface area (Å²) < 4.78 is 5.31. The molecule has 0 unspecified atom stereocenters. The molecule has 54 heavy (non-hydrogen) atoms. The van der Waals surface area contributed by atoms with Crippen LogP contribution in [0.5, 0.6) is 0 Å². The van der Waals surface area contributed by atoms with Crippen LogP contribution in [0.4, 0.5) is 0 Å². The number of likely N-dealkylation sites (tertiary alicyclic amines) is 1. The van der Waals surface area contributed by atoms with Gasteiger partial charge in [-0.3, -0.25) is 33.6 Å². The molecule has 2 aromatic carbocycles. The number of primary amides is 1. The molecule has 1 aliphatic heterocycles. The number of ether oxygens (including phenoxy) is 1. The Balaban J connectivity index is 1.83. The average molecular weight is 749 g/mol. The molecule has 14 nitrogen and oxygen atoms in total. The fraction of sp³-hybridized carbons (Fsp3) is 0.525. The second kappa shape index (κ2) is 20.3. The second-order valence-corrected chi connectivity index (χ2v) is 15.2. The number of amides is 6. The molecule has 0 aliphatic carbocycles. The summed E-state index contributed by atoms with van der Waals surface area (Å²) in [6, 6.07) is 13.0. The Kier molecular flexibility index (Phi) is 16.2. The van der Waals surface area contributed by atoms with Gasteiger partial charge in [0.2, 0.25) is 35.4 Å². The van der Waals surface area contributed by atoms with Crippen LogP contribution in [0, 0.1) is 5.92 Å². The highest BCUT2D eigenvalue weighted by molar-refractivity contribution is 5.95. The number of carbonyl (C=O) groups excluding carboxylic acids is 7. The van der Waals surface area contributed by atoms with Crippen molar-refractivity contribution in [2.75, 3.05) is 6.54 Å². The minimum atomic E-state index is -1.41. The lowest BCUT2D eigenvalue weighted by Gasteiger charge is -2.30.